The van der Waals surface area contributed by atoms with E-state index < -0.39 is 0 Å². The van der Waals surface area contributed by atoms with Gasteiger partial charge in [-0.25, -0.2) is 4.98 Å². The Balaban J connectivity index is 0.000000221. The first-order valence-corrected chi connectivity index (χ1v) is 14.7. The average molecular weight is 742 g/mol. The zero-order valence-corrected chi connectivity index (χ0v) is 27.4. The van der Waals surface area contributed by atoms with E-state index in [0.29, 0.717) is 6.04 Å². The van der Waals surface area contributed by atoms with E-state index in [2.05, 4.69) is 111 Å². The molecule has 5 nitrogen and oxygen atoms in total. The number of fused-ring (bicyclic) bond motifs is 4. The summed E-state index contributed by atoms with van der Waals surface area (Å²) < 4.78 is 6.69. The largest absolute Gasteiger partial charge is 0.494 e. The molecule has 6 heteroatoms. The maximum Gasteiger partial charge on any atom is 0.494 e. The van der Waals surface area contributed by atoms with Crippen molar-refractivity contribution in [1.29, 1.82) is 0 Å². The minimum atomic E-state index is 0. The monoisotopic (exact) mass is 742 g/mol. The summed E-state index contributed by atoms with van der Waals surface area (Å²) in [5, 5.41) is 2.37. The summed E-state index contributed by atoms with van der Waals surface area (Å²) in [5.74, 6) is 0. The van der Waals surface area contributed by atoms with Gasteiger partial charge in [0, 0.05) is 57.1 Å². The van der Waals surface area contributed by atoms with Crippen LogP contribution in [0.3, 0.4) is 0 Å². The standard InChI is InChI=1S/C25H25N4.C12H10N.Ir/c1-4-5-15-27-17-28(23-11-7-6-10-22(23)27)19-12-13-20-21-9-8-14-26-25(21)29(18(2)3)24(20)16-19;1-10-7-8-12(13-9-10)11-5-3-2-4-6-11;/h6-11,13-14,16,18H,4-5,15H2,1-3H3;2-5,7-9H,1H3;/q+1;-1;. The molecule has 1 radical (unpaired) electrons. The first kappa shape index (κ1) is 30.3. The molecule has 0 N–H and O–H groups in total. The van der Waals surface area contributed by atoms with Crippen LogP contribution < -0.4 is 4.58 Å². The Morgan fingerprint density at radius 3 is 2.44 bits per heavy atom. The quantitative estimate of drug-likeness (QED) is 0.126. The second-order valence-electron chi connectivity index (χ2n) is 10.9. The molecule has 3 aromatic heterocycles. The molecule has 0 fully saturated rings. The van der Waals surface area contributed by atoms with Crippen LogP contribution in [0.4, 0.5) is 17.1 Å². The van der Waals surface area contributed by atoms with Crippen molar-refractivity contribution in [2.24, 2.45) is 0 Å². The SMILES string of the molecule is CCCC[N+]1=C=[N+](c2[c-]cc3c4cccnc4n(C(C)C)c3c2)c2ccccc21.Cc1ccc(-c2[c-]cccc2)nc1.[Ir]. The number of pyridine rings is 2. The van der Waals surface area contributed by atoms with E-state index in [4.69, 9.17) is 0 Å². The number of unbranched alkanes of at least 4 members (excludes halogenated alkanes) is 1. The molecule has 0 bridgehead atoms. The van der Waals surface area contributed by atoms with Crippen LogP contribution in [0.15, 0.2) is 97.3 Å². The fraction of sp³-hybridized carbons (Fsp3) is 0.216. The van der Waals surface area contributed by atoms with Gasteiger partial charge in [-0.3, -0.25) is 0 Å². The van der Waals surface area contributed by atoms with Crippen molar-refractivity contribution < 1.29 is 24.7 Å². The van der Waals surface area contributed by atoms with Crippen LogP contribution in [-0.4, -0.2) is 31.7 Å². The van der Waals surface area contributed by atoms with Crippen molar-refractivity contribution >= 4 is 45.0 Å². The summed E-state index contributed by atoms with van der Waals surface area (Å²) in [4.78, 5) is 8.98. The smallest absolute Gasteiger partial charge is 0.347 e. The van der Waals surface area contributed by atoms with E-state index in [-0.39, 0.29) is 20.1 Å². The third kappa shape index (κ3) is 6.14. The molecular formula is C37H35IrN5. The molecule has 0 amide bonds. The van der Waals surface area contributed by atoms with Gasteiger partial charge < -0.3 is 9.55 Å². The predicted octanol–water partition coefficient (Wildman–Crippen LogP) is 8.89. The van der Waals surface area contributed by atoms with E-state index in [0.717, 1.165) is 41.2 Å². The van der Waals surface area contributed by atoms with Gasteiger partial charge in [0.25, 0.3) is 11.4 Å². The van der Waals surface area contributed by atoms with Crippen LogP contribution in [0.1, 0.15) is 45.2 Å². The van der Waals surface area contributed by atoms with Crippen LogP contribution >= 0.6 is 0 Å². The van der Waals surface area contributed by atoms with Crippen LogP contribution in [0.25, 0.3) is 33.2 Å². The normalized spacial score (nSPS) is 11.9. The molecule has 0 aliphatic carbocycles. The van der Waals surface area contributed by atoms with Crippen LogP contribution in [0.2, 0.25) is 0 Å². The second-order valence-corrected chi connectivity index (χ2v) is 10.9. The molecular weight excluding hydrogens is 707 g/mol. The van der Waals surface area contributed by atoms with E-state index in [1.807, 2.05) is 55.7 Å². The van der Waals surface area contributed by atoms with E-state index in [9.17, 15) is 0 Å². The summed E-state index contributed by atoms with van der Waals surface area (Å²) in [6.45, 7) is 9.65. The predicted molar refractivity (Wildman–Crippen MR) is 172 cm³/mol. The maximum atomic E-state index is 4.66. The van der Waals surface area contributed by atoms with Crippen molar-refractivity contribution in [3.63, 3.8) is 0 Å². The molecule has 43 heavy (non-hydrogen) atoms. The average Bonchev–Trinajstić information content (AvgIpc) is 3.57. The number of rotatable bonds is 6. The summed E-state index contributed by atoms with van der Waals surface area (Å²) in [5.41, 5.74) is 8.79. The number of aromatic nitrogens is 3. The molecule has 0 unspecified atom stereocenters. The third-order valence-corrected chi connectivity index (χ3v) is 7.50. The van der Waals surface area contributed by atoms with Crippen LogP contribution in [-0.2, 0) is 20.1 Å². The van der Waals surface area contributed by atoms with E-state index in [1.54, 1.807) is 0 Å². The van der Waals surface area contributed by atoms with Gasteiger partial charge in [-0.1, -0.05) is 64.4 Å². The summed E-state index contributed by atoms with van der Waals surface area (Å²) in [7, 11) is 0. The second kappa shape index (κ2) is 13.4. The van der Waals surface area contributed by atoms with Crippen molar-refractivity contribution in [1.82, 2.24) is 19.1 Å². The molecule has 0 saturated carbocycles. The van der Waals surface area contributed by atoms with Crippen molar-refractivity contribution in [3.05, 3.63) is 115 Å². The van der Waals surface area contributed by atoms with Gasteiger partial charge in [-0.2, -0.15) is 6.07 Å². The fourth-order valence-electron chi connectivity index (χ4n) is 5.41. The number of nitrogens with zero attached hydrogens (tertiary/aromatic N) is 5. The number of aryl methyl sites for hydroxylation is 1. The van der Waals surface area contributed by atoms with Gasteiger partial charge in [0.1, 0.15) is 11.3 Å². The fourth-order valence-corrected chi connectivity index (χ4v) is 5.41. The van der Waals surface area contributed by atoms with E-state index in [1.165, 1.54) is 34.0 Å². The molecule has 0 saturated heterocycles. The molecule has 6 aromatic rings. The molecule has 217 valence electrons. The Morgan fingerprint density at radius 2 is 1.72 bits per heavy atom. The van der Waals surface area contributed by atoms with Crippen LogP contribution in [0, 0.1) is 19.1 Å². The number of hydrogen-bond donors (Lipinski definition) is 0. The molecule has 0 spiro atoms. The van der Waals surface area contributed by atoms with Gasteiger partial charge in [0.2, 0.25) is 0 Å². The van der Waals surface area contributed by atoms with Crippen LogP contribution in [0.5, 0.6) is 0 Å². The Kier molecular flexibility index (Phi) is 9.43. The zero-order valence-electron chi connectivity index (χ0n) is 25.0. The van der Waals surface area contributed by atoms with Gasteiger partial charge in [-0.15, -0.1) is 47.3 Å². The molecule has 1 aliphatic rings. The van der Waals surface area contributed by atoms with Gasteiger partial charge in [-0.05, 0) is 43.5 Å². The van der Waals surface area contributed by atoms with Gasteiger partial charge in [0.15, 0.2) is 6.54 Å². The maximum absolute atomic E-state index is 4.66. The van der Waals surface area contributed by atoms with Crippen molar-refractivity contribution in [2.75, 3.05) is 6.54 Å². The molecule has 3 aromatic carbocycles. The molecule has 7 rings (SSSR count). The Hall–Kier alpha value is -4.21. The summed E-state index contributed by atoms with van der Waals surface area (Å²) in [6, 6.07) is 39.5. The Bertz CT molecular complexity index is 1930. The minimum absolute atomic E-state index is 0. The third-order valence-electron chi connectivity index (χ3n) is 7.50. The first-order valence-electron chi connectivity index (χ1n) is 14.7. The van der Waals surface area contributed by atoms with Gasteiger partial charge in [0.05, 0.1) is 0 Å². The Morgan fingerprint density at radius 1 is 0.907 bits per heavy atom. The van der Waals surface area contributed by atoms with Crippen molar-refractivity contribution in [3.8, 4) is 11.3 Å². The Labute approximate surface area is 267 Å². The van der Waals surface area contributed by atoms with Gasteiger partial charge >= 0.3 is 6.01 Å². The molecule has 0 atom stereocenters. The number of benzene rings is 3. The van der Waals surface area contributed by atoms with E-state index >= 15 is 0 Å². The molecule has 1 aliphatic heterocycles. The van der Waals surface area contributed by atoms with Crippen molar-refractivity contribution in [2.45, 2.75) is 46.6 Å². The molecule has 4 heterocycles. The number of hydrogen-bond acceptors (Lipinski definition) is 2. The zero-order chi connectivity index (χ0) is 29.1. The first-order chi connectivity index (χ1) is 20.5. The topological polar surface area (TPSA) is 36.7 Å². The summed E-state index contributed by atoms with van der Waals surface area (Å²) >= 11 is 0. The summed E-state index contributed by atoms with van der Waals surface area (Å²) in [6.07, 6.45) is 6.05. The minimum Gasteiger partial charge on any atom is -0.347 e. The number of para-hydroxylation sites is 2.